The van der Waals surface area contributed by atoms with Crippen LogP contribution in [0.4, 0.5) is 8.78 Å². The van der Waals surface area contributed by atoms with Crippen molar-refractivity contribution in [2.45, 2.75) is 19.7 Å². The SMILES string of the molecule is CNCc1ccc(OCc2nccn2C(F)F)cc1. The molecule has 4 nitrogen and oxygen atoms in total. The van der Waals surface area contributed by atoms with Gasteiger partial charge in [0.1, 0.15) is 12.4 Å². The Kier molecular flexibility index (Phi) is 4.46. The second kappa shape index (κ2) is 6.29. The highest BCUT2D eigenvalue weighted by atomic mass is 19.3. The van der Waals surface area contributed by atoms with Gasteiger partial charge in [0, 0.05) is 18.9 Å². The predicted molar refractivity (Wildman–Crippen MR) is 67.0 cm³/mol. The van der Waals surface area contributed by atoms with Gasteiger partial charge in [-0.3, -0.25) is 4.57 Å². The molecule has 2 rings (SSSR count). The Balaban J connectivity index is 1.96. The van der Waals surface area contributed by atoms with Crippen molar-refractivity contribution in [1.82, 2.24) is 14.9 Å². The molecule has 0 atom stereocenters. The number of aromatic nitrogens is 2. The van der Waals surface area contributed by atoms with E-state index in [2.05, 4.69) is 10.3 Å². The number of rotatable bonds is 6. The molecule has 0 radical (unpaired) electrons. The van der Waals surface area contributed by atoms with Crippen LogP contribution in [0.2, 0.25) is 0 Å². The molecule has 0 amide bonds. The third kappa shape index (κ3) is 3.51. The van der Waals surface area contributed by atoms with Crippen LogP contribution in [0, 0.1) is 0 Å². The molecular weight excluding hydrogens is 252 g/mol. The highest BCUT2D eigenvalue weighted by molar-refractivity contribution is 5.27. The van der Waals surface area contributed by atoms with Crippen molar-refractivity contribution < 1.29 is 13.5 Å². The fraction of sp³-hybridized carbons (Fsp3) is 0.308. The van der Waals surface area contributed by atoms with Crippen molar-refractivity contribution in [2.75, 3.05) is 7.05 Å². The summed E-state index contributed by atoms with van der Waals surface area (Å²) in [5, 5.41) is 3.04. The van der Waals surface area contributed by atoms with Gasteiger partial charge in [0.25, 0.3) is 0 Å². The molecule has 0 fully saturated rings. The number of ether oxygens (including phenoxy) is 1. The lowest BCUT2D eigenvalue weighted by molar-refractivity contribution is 0.0632. The third-order valence-corrected chi connectivity index (χ3v) is 2.63. The Morgan fingerprint density at radius 3 is 2.68 bits per heavy atom. The van der Waals surface area contributed by atoms with E-state index in [4.69, 9.17) is 4.74 Å². The molecule has 19 heavy (non-hydrogen) atoms. The molecule has 1 aromatic carbocycles. The number of hydrogen-bond donors (Lipinski definition) is 1. The van der Waals surface area contributed by atoms with E-state index < -0.39 is 6.55 Å². The first-order valence-electron chi connectivity index (χ1n) is 5.87. The minimum absolute atomic E-state index is 0.0166. The van der Waals surface area contributed by atoms with Gasteiger partial charge in [-0.15, -0.1) is 0 Å². The summed E-state index contributed by atoms with van der Waals surface area (Å²) in [5.74, 6) is 0.831. The maximum absolute atomic E-state index is 12.6. The summed E-state index contributed by atoms with van der Waals surface area (Å²) in [6, 6.07) is 7.46. The molecule has 0 bridgehead atoms. The van der Waals surface area contributed by atoms with E-state index in [0.717, 1.165) is 16.7 Å². The predicted octanol–water partition coefficient (Wildman–Crippen LogP) is 2.58. The first kappa shape index (κ1) is 13.5. The van der Waals surface area contributed by atoms with Crippen LogP contribution in [0.15, 0.2) is 36.7 Å². The van der Waals surface area contributed by atoms with Gasteiger partial charge in [-0.25, -0.2) is 4.98 Å². The summed E-state index contributed by atoms with van der Waals surface area (Å²) in [4.78, 5) is 3.85. The van der Waals surface area contributed by atoms with E-state index in [1.165, 1.54) is 12.4 Å². The highest BCUT2D eigenvalue weighted by Gasteiger charge is 2.11. The van der Waals surface area contributed by atoms with Gasteiger partial charge < -0.3 is 10.1 Å². The Morgan fingerprint density at radius 2 is 2.05 bits per heavy atom. The number of benzene rings is 1. The van der Waals surface area contributed by atoms with Gasteiger partial charge in [0.2, 0.25) is 0 Å². The molecule has 1 N–H and O–H groups in total. The first-order chi connectivity index (χ1) is 9.20. The quantitative estimate of drug-likeness (QED) is 0.874. The van der Waals surface area contributed by atoms with Gasteiger partial charge in [0.15, 0.2) is 5.82 Å². The van der Waals surface area contributed by atoms with Crippen molar-refractivity contribution in [1.29, 1.82) is 0 Å². The normalized spacial score (nSPS) is 10.9. The van der Waals surface area contributed by atoms with Crippen LogP contribution in [0.25, 0.3) is 0 Å². The number of nitrogens with zero attached hydrogens (tertiary/aromatic N) is 2. The van der Waals surface area contributed by atoms with E-state index in [0.29, 0.717) is 5.75 Å². The van der Waals surface area contributed by atoms with Crippen LogP contribution in [0.1, 0.15) is 17.9 Å². The smallest absolute Gasteiger partial charge is 0.320 e. The van der Waals surface area contributed by atoms with Crippen molar-refractivity contribution in [3.8, 4) is 5.75 Å². The minimum atomic E-state index is -2.60. The molecule has 0 saturated carbocycles. The Hall–Kier alpha value is -1.95. The van der Waals surface area contributed by atoms with E-state index >= 15 is 0 Å². The molecule has 0 aliphatic carbocycles. The lowest BCUT2D eigenvalue weighted by Gasteiger charge is -2.09. The number of nitrogens with one attached hydrogen (secondary N) is 1. The van der Waals surface area contributed by atoms with E-state index in [9.17, 15) is 8.78 Å². The first-order valence-corrected chi connectivity index (χ1v) is 5.87. The van der Waals surface area contributed by atoms with Crippen molar-refractivity contribution >= 4 is 0 Å². The van der Waals surface area contributed by atoms with E-state index in [1.807, 2.05) is 31.3 Å². The van der Waals surface area contributed by atoms with Crippen LogP contribution in [-0.4, -0.2) is 16.6 Å². The summed E-state index contributed by atoms with van der Waals surface area (Å²) in [6.45, 7) is -1.81. The average molecular weight is 267 g/mol. The molecule has 6 heteroatoms. The summed E-state index contributed by atoms with van der Waals surface area (Å²) in [5.41, 5.74) is 1.13. The second-order valence-corrected chi connectivity index (χ2v) is 3.99. The fourth-order valence-corrected chi connectivity index (χ4v) is 1.69. The molecule has 102 valence electrons. The maximum atomic E-state index is 12.6. The van der Waals surface area contributed by atoms with Crippen LogP contribution in [0.5, 0.6) is 5.75 Å². The van der Waals surface area contributed by atoms with Gasteiger partial charge in [-0.05, 0) is 24.7 Å². The van der Waals surface area contributed by atoms with Crippen LogP contribution in [-0.2, 0) is 13.2 Å². The summed E-state index contributed by atoms with van der Waals surface area (Å²) >= 11 is 0. The standard InChI is InChI=1S/C13H15F2N3O/c1-16-8-10-2-4-11(5-3-10)19-9-12-17-6-7-18(12)13(14)15/h2-7,13,16H,8-9H2,1H3. The number of halogens is 2. The monoisotopic (exact) mass is 267 g/mol. The Morgan fingerprint density at radius 1 is 1.32 bits per heavy atom. The van der Waals surface area contributed by atoms with Gasteiger partial charge in [-0.2, -0.15) is 8.78 Å². The summed E-state index contributed by atoms with van der Waals surface area (Å²) < 4.78 is 31.4. The Bertz CT molecular complexity index is 511. The topological polar surface area (TPSA) is 39.1 Å². The molecule has 2 aromatic rings. The van der Waals surface area contributed by atoms with E-state index in [-0.39, 0.29) is 12.4 Å². The third-order valence-electron chi connectivity index (χ3n) is 2.63. The molecule has 0 saturated heterocycles. The van der Waals surface area contributed by atoms with Gasteiger partial charge in [0.05, 0.1) is 0 Å². The summed E-state index contributed by atoms with van der Waals surface area (Å²) in [7, 11) is 1.87. The van der Waals surface area contributed by atoms with Crippen LogP contribution >= 0.6 is 0 Å². The molecular formula is C13H15F2N3O. The van der Waals surface area contributed by atoms with Crippen LogP contribution in [0.3, 0.4) is 0 Å². The highest BCUT2D eigenvalue weighted by Crippen LogP contribution is 2.16. The van der Waals surface area contributed by atoms with Gasteiger partial charge in [-0.1, -0.05) is 12.1 Å². The number of hydrogen-bond acceptors (Lipinski definition) is 3. The summed E-state index contributed by atoms with van der Waals surface area (Å²) in [6.07, 6.45) is 2.57. The molecule has 0 unspecified atom stereocenters. The Labute approximate surface area is 110 Å². The van der Waals surface area contributed by atoms with Crippen molar-refractivity contribution in [3.63, 3.8) is 0 Å². The second-order valence-electron chi connectivity index (χ2n) is 3.99. The lowest BCUT2D eigenvalue weighted by Crippen LogP contribution is -2.07. The zero-order valence-corrected chi connectivity index (χ0v) is 10.5. The fourth-order valence-electron chi connectivity index (χ4n) is 1.69. The lowest BCUT2D eigenvalue weighted by atomic mass is 10.2. The van der Waals surface area contributed by atoms with Crippen LogP contribution < -0.4 is 10.1 Å². The number of imidazole rings is 1. The van der Waals surface area contributed by atoms with Gasteiger partial charge >= 0.3 is 6.55 Å². The largest absolute Gasteiger partial charge is 0.486 e. The minimum Gasteiger partial charge on any atom is -0.486 e. The molecule has 1 aromatic heterocycles. The zero-order valence-electron chi connectivity index (χ0n) is 10.5. The number of alkyl halides is 2. The molecule has 0 spiro atoms. The van der Waals surface area contributed by atoms with Crippen molar-refractivity contribution in [2.24, 2.45) is 0 Å². The molecule has 0 aliphatic rings. The van der Waals surface area contributed by atoms with E-state index in [1.54, 1.807) is 0 Å². The average Bonchev–Trinajstić information content (AvgIpc) is 2.87. The molecule has 0 aliphatic heterocycles. The maximum Gasteiger partial charge on any atom is 0.320 e. The van der Waals surface area contributed by atoms with Crippen molar-refractivity contribution in [3.05, 3.63) is 48.0 Å². The molecule has 1 heterocycles. The zero-order chi connectivity index (χ0) is 13.7.